The SMILES string of the molecule is CC(C)(CN)Nc1ccccc1[N+](=O)[O-]. The predicted octanol–water partition coefficient (Wildman–Crippen LogP) is 1.74. The highest BCUT2D eigenvalue weighted by molar-refractivity contribution is 5.62. The van der Waals surface area contributed by atoms with Gasteiger partial charge in [0, 0.05) is 18.2 Å². The number of nitrogens with one attached hydrogen (secondary N) is 1. The molecule has 0 fully saturated rings. The first-order valence-corrected chi connectivity index (χ1v) is 4.68. The van der Waals surface area contributed by atoms with Gasteiger partial charge >= 0.3 is 0 Å². The second kappa shape index (κ2) is 4.27. The van der Waals surface area contributed by atoms with Gasteiger partial charge in [0.05, 0.1) is 4.92 Å². The molecule has 0 heterocycles. The van der Waals surface area contributed by atoms with Crippen molar-refractivity contribution < 1.29 is 4.92 Å². The van der Waals surface area contributed by atoms with Crippen LogP contribution in [0, 0.1) is 10.1 Å². The van der Waals surface area contributed by atoms with Gasteiger partial charge < -0.3 is 11.1 Å². The summed E-state index contributed by atoms with van der Waals surface area (Å²) in [6.45, 7) is 4.19. The number of para-hydroxylation sites is 2. The van der Waals surface area contributed by atoms with Crippen LogP contribution < -0.4 is 11.1 Å². The van der Waals surface area contributed by atoms with Crippen molar-refractivity contribution in [2.45, 2.75) is 19.4 Å². The van der Waals surface area contributed by atoms with Crippen LogP contribution >= 0.6 is 0 Å². The van der Waals surface area contributed by atoms with Crippen molar-refractivity contribution in [3.05, 3.63) is 34.4 Å². The second-order valence-corrected chi connectivity index (χ2v) is 3.99. The van der Waals surface area contributed by atoms with E-state index in [1.54, 1.807) is 18.2 Å². The number of nitro benzene ring substituents is 1. The Morgan fingerprint density at radius 3 is 2.60 bits per heavy atom. The van der Waals surface area contributed by atoms with Gasteiger partial charge in [0.2, 0.25) is 0 Å². The number of nitro groups is 1. The van der Waals surface area contributed by atoms with Crippen molar-refractivity contribution in [1.29, 1.82) is 0 Å². The molecule has 0 aromatic heterocycles. The van der Waals surface area contributed by atoms with Crippen molar-refractivity contribution in [3.8, 4) is 0 Å². The zero-order chi connectivity index (χ0) is 11.5. The fourth-order valence-electron chi connectivity index (χ4n) is 1.15. The van der Waals surface area contributed by atoms with Gasteiger partial charge in [-0.3, -0.25) is 10.1 Å². The molecule has 0 atom stereocenters. The number of anilines is 1. The van der Waals surface area contributed by atoms with Crippen LogP contribution in [0.1, 0.15) is 13.8 Å². The molecule has 0 saturated carbocycles. The third-order valence-electron chi connectivity index (χ3n) is 2.08. The van der Waals surface area contributed by atoms with Crippen LogP contribution in [-0.4, -0.2) is 17.0 Å². The summed E-state index contributed by atoms with van der Waals surface area (Å²) in [6.07, 6.45) is 0. The Bertz CT molecular complexity index is 363. The molecule has 0 bridgehead atoms. The van der Waals surface area contributed by atoms with Gasteiger partial charge in [-0.2, -0.15) is 0 Å². The molecular formula is C10H15N3O2. The fourth-order valence-corrected chi connectivity index (χ4v) is 1.15. The molecule has 0 aliphatic rings. The normalized spacial score (nSPS) is 11.1. The van der Waals surface area contributed by atoms with Gasteiger partial charge in [-0.05, 0) is 19.9 Å². The molecule has 1 aromatic carbocycles. The maximum atomic E-state index is 10.7. The molecule has 1 aromatic rings. The van der Waals surface area contributed by atoms with Gasteiger partial charge in [0.1, 0.15) is 5.69 Å². The molecule has 3 N–H and O–H groups in total. The minimum Gasteiger partial charge on any atom is -0.373 e. The van der Waals surface area contributed by atoms with E-state index in [9.17, 15) is 10.1 Å². The van der Waals surface area contributed by atoms with Crippen LogP contribution in [-0.2, 0) is 0 Å². The van der Waals surface area contributed by atoms with E-state index in [2.05, 4.69) is 5.32 Å². The average molecular weight is 209 g/mol. The van der Waals surface area contributed by atoms with E-state index < -0.39 is 4.92 Å². The standard InChI is InChI=1S/C10H15N3O2/c1-10(2,7-11)12-8-5-3-4-6-9(8)13(14)15/h3-6,12H,7,11H2,1-2H3. The first-order chi connectivity index (χ1) is 6.96. The Labute approximate surface area is 88.4 Å². The van der Waals surface area contributed by atoms with E-state index >= 15 is 0 Å². The summed E-state index contributed by atoms with van der Waals surface area (Å²) >= 11 is 0. The zero-order valence-electron chi connectivity index (χ0n) is 8.86. The molecule has 0 aliphatic carbocycles. The Morgan fingerprint density at radius 2 is 2.07 bits per heavy atom. The number of rotatable bonds is 4. The van der Waals surface area contributed by atoms with Gasteiger partial charge in [0.15, 0.2) is 0 Å². The first kappa shape index (κ1) is 11.5. The van der Waals surface area contributed by atoms with Crippen LogP contribution in [0.3, 0.4) is 0 Å². The number of nitrogens with two attached hydrogens (primary N) is 1. The smallest absolute Gasteiger partial charge is 0.292 e. The van der Waals surface area contributed by atoms with Crippen LogP contribution in [0.4, 0.5) is 11.4 Å². The molecule has 0 saturated heterocycles. The van der Waals surface area contributed by atoms with E-state index in [1.807, 2.05) is 13.8 Å². The van der Waals surface area contributed by atoms with E-state index in [0.717, 1.165) is 0 Å². The van der Waals surface area contributed by atoms with E-state index in [0.29, 0.717) is 12.2 Å². The van der Waals surface area contributed by atoms with Gasteiger partial charge in [0.25, 0.3) is 5.69 Å². The molecule has 0 spiro atoms. The van der Waals surface area contributed by atoms with Crippen molar-refractivity contribution in [2.75, 3.05) is 11.9 Å². The fraction of sp³-hybridized carbons (Fsp3) is 0.400. The minimum atomic E-state index is -0.408. The summed E-state index contributed by atoms with van der Waals surface area (Å²) in [5.74, 6) is 0. The Balaban J connectivity index is 2.99. The number of hydrogen-bond acceptors (Lipinski definition) is 4. The molecule has 1 rings (SSSR count). The summed E-state index contributed by atoms with van der Waals surface area (Å²) < 4.78 is 0. The Kier molecular flexibility index (Phi) is 3.26. The number of benzene rings is 1. The molecule has 5 heteroatoms. The molecule has 0 unspecified atom stereocenters. The van der Waals surface area contributed by atoms with E-state index in [4.69, 9.17) is 5.73 Å². The molecule has 0 aliphatic heterocycles. The lowest BCUT2D eigenvalue weighted by Crippen LogP contribution is -2.39. The van der Waals surface area contributed by atoms with Gasteiger partial charge in [-0.15, -0.1) is 0 Å². The van der Waals surface area contributed by atoms with Crippen LogP contribution in [0.5, 0.6) is 0 Å². The maximum absolute atomic E-state index is 10.7. The lowest BCUT2D eigenvalue weighted by Gasteiger charge is -2.25. The minimum absolute atomic E-state index is 0.0685. The highest BCUT2D eigenvalue weighted by Gasteiger charge is 2.20. The third-order valence-corrected chi connectivity index (χ3v) is 2.08. The average Bonchev–Trinajstić information content (AvgIpc) is 2.18. The zero-order valence-corrected chi connectivity index (χ0v) is 8.86. The van der Waals surface area contributed by atoms with Crippen LogP contribution in [0.25, 0.3) is 0 Å². The molecule has 15 heavy (non-hydrogen) atoms. The molecule has 5 nitrogen and oxygen atoms in total. The second-order valence-electron chi connectivity index (χ2n) is 3.99. The summed E-state index contributed by atoms with van der Waals surface area (Å²) in [4.78, 5) is 10.3. The maximum Gasteiger partial charge on any atom is 0.292 e. The van der Waals surface area contributed by atoms with Crippen molar-refractivity contribution >= 4 is 11.4 Å². The Morgan fingerprint density at radius 1 is 1.47 bits per heavy atom. The predicted molar refractivity (Wildman–Crippen MR) is 59.9 cm³/mol. The Hall–Kier alpha value is -1.62. The van der Waals surface area contributed by atoms with Gasteiger partial charge in [-0.1, -0.05) is 12.1 Å². The van der Waals surface area contributed by atoms with Crippen LogP contribution in [0.2, 0.25) is 0 Å². The van der Waals surface area contributed by atoms with Crippen molar-refractivity contribution in [2.24, 2.45) is 5.73 Å². The van der Waals surface area contributed by atoms with Crippen LogP contribution in [0.15, 0.2) is 24.3 Å². The lowest BCUT2D eigenvalue weighted by atomic mass is 10.1. The molecule has 0 amide bonds. The summed E-state index contributed by atoms with van der Waals surface area (Å²) in [7, 11) is 0. The lowest BCUT2D eigenvalue weighted by molar-refractivity contribution is -0.384. The summed E-state index contributed by atoms with van der Waals surface area (Å²) in [6, 6.07) is 6.53. The summed E-state index contributed by atoms with van der Waals surface area (Å²) in [5.41, 5.74) is 5.76. The quantitative estimate of drug-likeness (QED) is 0.584. The largest absolute Gasteiger partial charge is 0.373 e. The van der Waals surface area contributed by atoms with Gasteiger partial charge in [-0.25, -0.2) is 0 Å². The third kappa shape index (κ3) is 2.92. The van der Waals surface area contributed by atoms with Crippen molar-refractivity contribution in [1.82, 2.24) is 0 Å². The topological polar surface area (TPSA) is 81.2 Å². The first-order valence-electron chi connectivity index (χ1n) is 4.68. The monoisotopic (exact) mass is 209 g/mol. The highest BCUT2D eigenvalue weighted by atomic mass is 16.6. The number of hydrogen-bond donors (Lipinski definition) is 2. The van der Waals surface area contributed by atoms with E-state index in [1.165, 1.54) is 6.07 Å². The molecule has 0 radical (unpaired) electrons. The highest BCUT2D eigenvalue weighted by Crippen LogP contribution is 2.25. The summed E-state index contributed by atoms with van der Waals surface area (Å²) in [5, 5.41) is 13.8. The van der Waals surface area contributed by atoms with Crippen molar-refractivity contribution in [3.63, 3.8) is 0 Å². The number of nitrogens with zero attached hydrogens (tertiary/aromatic N) is 1. The molecule has 82 valence electrons. The molecular weight excluding hydrogens is 194 g/mol. The van der Waals surface area contributed by atoms with E-state index in [-0.39, 0.29) is 11.2 Å².